The Bertz CT molecular complexity index is 1300. The molecule has 0 atom stereocenters. The molecule has 0 saturated heterocycles. The van der Waals surface area contributed by atoms with Crippen LogP contribution in [-0.2, 0) is 6.54 Å². The largest absolute Gasteiger partial charge is 0.573 e. The number of aromatic nitrogens is 1. The second-order valence-electron chi connectivity index (χ2n) is 7.03. The number of anilines is 2. The first-order valence-electron chi connectivity index (χ1n) is 9.41. The van der Waals surface area contributed by atoms with Crippen LogP contribution in [0.15, 0.2) is 72.9 Å². The highest BCUT2D eigenvalue weighted by molar-refractivity contribution is 6.31. The standard InChI is InChI=1S/C23H16ClF3N2O3/c24-16-4-6-20(19(12-16)22(30)31)28-17-5-7-21-15(11-17)8-9-29(21)13-14-2-1-3-18(10-14)32-23(25,26)27/h1-12,28H,13H2,(H,30,31). The molecule has 4 aromatic rings. The normalized spacial score (nSPS) is 11.5. The Kier molecular flexibility index (Phi) is 5.71. The van der Waals surface area contributed by atoms with Gasteiger partial charge in [-0.3, -0.25) is 0 Å². The Labute approximate surface area is 185 Å². The average Bonchev–Trinajstić information content (AvgIpc) is 3.10. The number of rotatable bonds is 6. The fourth-order valence-electron chi connectivity index (χ4n) is 3.41. The fraction of sp³-hybridized carbons (Fsp3) is 0.0870. The van der Waals surface area contributed by atoms with Crippen LogP contribution in [0.5, 0.6) is 5.75 Å². The quantitative estimate of drug-likeness (QED) is 0.337. The van der Waals surface area contributed by atoms with E-state index < -0.39 is 12.3 Å². The van der Waals surface area contributed by atoms with E-state index >= 15 is 0 Å². The first-order chi connectivity index (χ1) is 15.2. The molecule has 5 nitrogen and oxygen atoms in total. The van der Waals surface area contributed by atoms with Crippen molar-refractivity contribution in [1.82, 2.24) is 4.57 Å². The topological polar surface area (TPSA) is 63.5 Å². The molecule has 1 heterocycles. The number of nitrogens with zero attached hydrogens (tertiary/aromatic N) is 1. The highest BCUT2D eigenvalue weighted by Gasteiger charge is 2.31. The molecule has 0 bridgehead atoms. The SMILES string of the molecule is O=C(O)c1cc(Cl)ccc1Nc1ccc2c(ccn2Cc2cccc(OC(F)(F)F)c2)c1. The molecule has 0 fully saturated rings. The maximum absolute atomic E-state index is 12.5. The average molecular weight is 461 g/mol. The smallest absolute Gasteiger partial charge is 0.478 e. The van der Waals surface area contributed by atoms with Crippen molar-refractivity contribution in [1.29, 1.82) is 0 Å². The number of hydrogen-bond acceptors (Lipinski definition) is 3. The van der Waals surface area contributed by atoms with Crippen molar-refractivity contribution in [2.45, 2.75) is 12.9 Å². The molecule has 9 heteroatoms. The predicted octanol–water partition coefficient (Wildman–Crippen LogP) is 6.68. The summed E-state index contributed by atoms with van der Waals surface area (Å²) < 4.78 is 43.3. The zero-order valence-corrected chi connectivity index (χ0v) is 17.1. The summed E-state index contributed by atoms with van der Waals surface area (Å²) in [7, 11) is 0. The Morgan fingerprint density at radius 3 is 2.62 bits per heavy atom. The summed E-state index contributed by atoms with van der Waals surface area (Å²) in [6.45, 7) is 0.353. The van der Waals surface area contributed by atoms with Gasteiger partial charge in [-0.05, 0) is 60.2 Å². The molecule has 1 aromatic heterocycles. The predicted molar refractivity (Wildman–Crippen MR) is 116 cm³/mol. The molecule has 0 radical (unpaired) electrons. The van der Waals surface area contributed by atoms with E-state index in [2.05, 4.69) is 10.1 Å². The molecule has 0 aliphatic carbocycles. The molecule has 0 aliphatic rings. The molecule has 0 amide bonds. The van der Waals surface area contributed by atoms with E-state index in [0.717, 1.165) is 10.9 Å². The summed E-state index contributed by atoms with van der Waals surface area (Å²) in [5.41, 5.74) is 2.66. The minimum Gasteiger partial charge on any atom is -0.478 e. The first-order valence-corrected chi connectivity index (χ1v) is 9.79. The Balaban J connectivity index is 1.57. The van der Waals surface area contributed by atoms with Gasteiger partial charge >= 0.3 is 12.3 Å². The number of nitrogens with one attached hydrogen (secondary N) is 1. The number of halogens is 4. The highest BCUT2D eigenvalue weighted by Crippen LogP contribution is 2.28. The number of carbonyl (C=O) groups is 1. The van der Waals surface area contributed by atoms with E-state index in [1.165, 1.54) is 24.3 Å². The van der Waals surface area contributed by atoms with Gasteiger partial charge in [-0.15, -0.1) is 13.2 Å². The maximum atomic E-state index is 12.5. The second-order valence-corrected chi connectivity index (χ2v) is 7.47. The molecule has 164 valence electrons. The van der Waals surface area contributed by atoms with E-state index in [1.54, 1.807) is 24.3 Å². The van der Waals surface area contributed by atoms with Gasteiger partial charge in [0, 0.05) is 34.4 Å². The summed E-state index contributed by atoms with van der Waals surface area (Å²) in [4.78, 5) is 11.5. The van der Waals surface area contributed by atoms with Crippen LogP contribution >= 0.6 is 11.6 Å². The molecular weight excluding hydrogens is 445 g/mol. The lowest BCUT2D eigenvalue weighted by atomic mass is 10.1. The molecule has 0 aliphatic heterocycles. The molecule has 2 N–H and O–H groups in total. The summed E-state index contributed by atoms with van der Waals surface area (Å²) in [6.07, 6.45) is -2.91. The first kappa shape index (κ1) is 21.6. The Morgan fingerprint density at radius 2 is 1.88 bits per heavy atom. The molecule has 3 aromatic carbocycles. The number of carboxylic acid groups (broad SMARTS) is 1. The van der Waals surface area contributed by atoms with Crippen molar-refractivity contribution in [2.24, 2.45) is 0 Å². The second kappa shape index (κ2) is 8.47. The molecule has 0 spiro atoms. The summed E-state index contributed by atoms with van der Waals surface area (Å²) in [5, 5.41) is 13.7. The van der Waals surface area contributed by atoms with Crippen LogP contribution in [-0.4, -0.2) is 22.0 Å². The van der Waals surface area contributed by atoms with Crippen LogP contribution < -0.4 is 10.1 Å². The third kappa shape index (κ3) is 4.97. The minimum atomic E-state index is -4.74. The van der Waals surface area contributed by atoms with Gasteiger partial charge in [0.1, 0.15) is 5.75 Å². The lowest BCUT2D eigenvalue weighted by Gasteiger charge is -2.12. The zero-order chi connectivity index (χ0) is 22.9. The Hall–Kier alpha value is -3.65. The minimum absolute atomic E-state index is 0.0520. The van der Waals surface area contributed by atoms with Gasteiger partial charge in [-0.2, -0.15) is 0 Å². The molecular formula is C23H16ClF3N2O3. The van der Waals surface area contributed by atoms with Crippen molar-refractivity contribution >= 4 is 39.8 Å². The summed E-state index contributed by atoms with van der Waals surface area (Å²) >= 11 is 5.90. The molecule has 0 unspecified atom stereocenters. The summed E-state index contributed by atoms with van der Waals surface area (Å²) in [5.74, 6) is -1.37. The van der Waals surface area contributed by atoms with Gasteiger partial charge in [0.05, 0.1) is 11.3 Å². The van der Waals surface area contributed by atoms with Crippen molar-refractivity contribution < 1.29 is 27.8 Å². The van der Waals surface area contributed by atoms with Crippen molar-refractivity contribution in [3.63, 3.8) is 0 Å². The molecule has 32 heavy (non-hydrogen) atoms. The monoisotopic (exact) mass is 460 g/mol. The van der Waals surface area contributed by atoms with Crippen molar-refractivity contribution in [3.05, 3.63) is 89.1 Å². The number of carboxylic acids is 1. The van der Waals surface area contributed by atoms with Gasteiger partial charge in [0.2, 0.25) is 0 Å². The third-order valence-corrected chi connectivity index (χ3v) is 4.98. The van der Waals surface area contributed by atoms with Crippen LogP contribution in [0.2, 0.25) is 5.02 Å². The van der Waals surface area contributed by atoms with Crippen LogP contribution in [0.1, 0.15) is 15.9 Å². The van der Waals surface area contributed by atoms with E-state index in [-0.39, 0.29) is 11.3 Å². The lowest BCUT2D eigenvalue weighted by Crippen LogP contribution is -2.17. The number of hydrogen-bond donors (Lipinski definition) is 2. The van der Waals surface area contributed by atoms with Gasteiger partial charge in [-0.1, -0.05) is 23.7 Å². The van der Waals surface area contributed by atoms with Gasteiger partial charge in [0.15, 0.2) is 0 Å². The van der Waals surface area contributed by atoms with Crippen LogP contribution in [0.3, 0.4) is 0 Å². The van der Waals surface area contributed by atoms with Gasteiger partial charge in [0.25, 0.3) is 0 Å². The number of benzene rings is 3. The van der Waals surface area contributed by atoms with Crippen LogP contribution in [0, 0.1) is 0 Å². The van der Waals surface area contributed by atoms with Gasteiger partial charge in [-0.25, -0.2) is 4.79 Å². The van der Waals surface area contributed by atoms with Crippen molar-refractivity contribution in [2.75, 3.05) is 5.32 Å². The number of fused-ring (bicyclic) bond motifs is 1. The molecule has 0 saturated carbocycles. The van der Waals surface area contributed by atoms with Crippen LogP contribution in [0.4, 0.5) is 24.5 Å². The lowest BCUT2D eigenvalue weighted by molar-refractivity contribution is -0.274. The number of aromatic carboxylic acids is 1. The fourth-order valence-corrected chi connectivity index (χ4v) is 3.58. The molecule has 4 rings (SSSR count). The number of alkyl halides is 3. The maximum Gasteiger partial charge on any atom is 0.573 e. The van der Waals surface area contributed by atoms with Crippen LogP contribution in [0.25, 0.3) is 10.9 Å². The summed E-state index contributed by atoms with van der Waals surface area (Å²) in [6, 6.07) is 17.8. The highest BCUT2D eigenvalue weighted by atomic mass is 35.5. The van der Waals surface area contributed by atoms with E-state index in [4.69, 9.17) is 11.6 Å². The zero-order valence-electron chi connectivity index (χ0n) is 16.4. The third-order valence-electron chi connectivity index (χ3n) is 4.75. The van der Waals surface area contributed by atoms with E-state index in [1.807, 2.05) is 29.0 Å². The Morgan fingerprint density at radius 1 is 1.06 bits per heavy atom. The van der Waals surface area contributed by atoms with Crippen molar-refractivity contribution in [3.8, 4) is 5.75 Å². The van der Waals surface area contributed by atoms with E-state index in [0.29, 0.717) is 28.5 Å². The van der Waals surface area contributed by atoms with Gasteiger partial charge < -0.3 is 19.7 Å². The number of ether oxygens (including phenoxy) is 1. The van der Waals surface area contributed by atoms with E-state index in [9.17, 15) is 23.1 Å².